The van der Waals surface area contributed by atoms with Gasteiger partial charge in [0.1, 0.15) is 30.2 Å². The summed E-state index contributed by atoms with van der Waals surface area (Å²) in [6.07, 6.45) is 0.218. The van der Waals surface area contributed by atoms with Gasteiger partial charge in [0.2, 0.25) is 35.4 Å². The Kier molecular flexibility index (Phi) is 10.2. The van der Waals surface area contributed by atoms with E-state index >= 15 is 0 Å². The number of hydrogen-bond donors (Lipinski definition) is 6. The van der Waals surface area contributed by atoms with E-state index in [1.54, 1.807) is 12.1 Å². The van der Waals surface area contributed by atoms with Gasteiger partial charge < -0.3 is 32.3 Å². The van der Waals surface area contributed by atoms with Gasteiger partial charge in [-0.05, 0) is 43.0 Å². The van der Waals surface area contributed by atoms with E-state index in [0.717, 1.165) is 16.7 Å². The van der Waals surface area contributed by atoms with Crippen LogP contribution in [0.1, 0.15) is 38.8 Å². The van der Waals surface area contributed by atoms with Crippen molar-refractivity contribution in [3.8, 4) is 11.1 Å². The molecule has 0 saturated heterocycles. The third-order valence-electron chi connectivity index (χ3n) is 6.73. The summed E-state index contributed by atoms with van der Waals surface area (Å²) in [6, 6.07) is 9.51. The topological polar surface area (TPSA) is 189 Å². The molecule has 3 rings (SSSR count). The first-order valence-corrected chi connectivity index (χ1v) is 13.3. The number of rotatable bonds is 2. The van der Waals surface area contributed by atoms with Crippen molar-refractivity contribution >= 4 is 35.4 Å². The number of benzene rings is 2. The predicted molar refractivity (Wildman–Crippen MR) is 151 cm³/mol. The monoisotopic (exact) mass is 564 g/mol. The average Bonchev–Trinajstić information content (AvgIpc) is 2.91. The highest BCUT2D eigenvalue weighted by molar-refractivity contribution is 5.96. The molecule has 6 amide bonds. The van der Waals surface area contributed by atoms with Gasteiger partial charge in [0.05, 0.1) is 0 Å². The van der Waals surface area contributed by atoms with Crippen molar-refractivity contribution in [2.24, 2.45) is 5.73 Å². The molecule has 2 aromatic carbocycles. The molecule has 2 bridgehead atoms. The molecule has 0 aliphatic carbocycles. The summed E-state index contributed by atoms with van der Waals surface area (Å²) in [6.45, 7) is 5.61. The van der Waals surface area contributed by atoms with Crippen LogP contribution in [0.2, 0.25) is 0 Å². The van der Waals surface area contributed by atoms with Crippen molar-refractivity contribution < 1.29 is 28.8 Å². The van der Waals surface area contributed by atoms with E-state index in [4.69, 9.17) is 5.73 Å². The molecule has 12 nitrogen and oxygen atoms in total. The number of fused-ring (bicyclic) bond motifs is 4. The summed E-state index contributed by atoms with van der Waals surface area (Å²) >= 11 is 0. The Morgan fingerprint density at radius 3 is 1.90 bits per heavy atom. The number of nitrogens with one attached hydrogen (secondary N) is 5. The van der Waals surface area contributed by atoms with Crippen molar-refractivity contribution in [3.05, 3.63) is 59.7 Å². The van der Waals surface area contributed by atoms with Gasteiger partial charge in [-0.3, -0.25) is 28.8 Å². The van der Waals surface area contributed by atoms with E-state index in [9.17, 15) is 28.8 Å². The first-order valence-electron chi connectivity index (χ1n) is 13.3. The van der Waals surface area contributed by atoms with Crippen LogP contribution >= 0.6 is 0 Å². The van der Waals surface area contributed by atoms with Gasteiger partial charge in [0, 0.05) is 19.8 Å². The number of nitrogens with two attached hydrogens (primary N) is 1. The van der Waals surface area contributed by atoms with Gasteiger partial charge in [-0.2, -0.15) is 0 Å². The van der Waals surface area contributed by atoms with Gasteiger partial charge in [0.15, 0.2) is 0 Å². The molecular weight excluding hydrogens is 528 g/mol. The minimum atomic E-state index is -1.05. The van der Waals surface area contributed by atoms with Gasteiger partial charge in [-0.1, -0.05) is 48.5 Å². The SMILES string of the molecule is CC(=O)N[C@H]1Cc2ccccc2-c2cccc(c2)C[C@@H](C(N)=O)NC(=O)[C@H](C)NC(=O)[C@H](C)NC(=O)[C@H](C)NC1=O. The first kappa shape index (κ1) is 30.8. The average molecular weight is 565 g/mol. The lowest BCUT2D eigenvalue weighted by molar-refractivity contribution is -0.134. The molecule has 0 fully saturated rings. The first-order chi connectivity index (χ1) is 19.3. The molecule has 0 saturated carbocycles. The number of carbonyl (C=O) groups is 6. The molecular formula is C29H36N6O6. The van der Waals surface area contributed by atoms with Crippen LogP contribution in [0.3, 0.4) is 0 Å². The predicted octanol–water partition coefficient (Wildman–Crippen LogP) is -0.559. The fourth-order valence-electron chi connectivity index (χ4n) is 4.46. The quantitative estimate of drug-likeness (QED) is 0.284. The molecule has 0 spiro atoms. The van der Waals surface area contributed by atoms with Crippen molar-refractivity contribution in [2.45, 2.75) is 70.7 Å². The van der Waals surface area contributed by atoms with Crippen LogP contribution in [0, 0.1) is 0 Å². The van der Waals surface area contributed by atoms with Crippen molar-refractivity contribution in [3.63, 3.8) is 0 Å². The summed E-state index contributed by atoms with van der Waals surface area (Å²) in [7, 11) is 0. The normalized spacial score (nSPS) is 24.4. The third-order valence-corrected chi connectivity index (χ3v) is 6.73. The van der Waals surface area contributed by atoms with Crippen LogP contribution in [0.4, 0.5) is 0 Å². The standard InChI is InChI=1S/C29H36N6O6/c1-15-26(38)32-17(3)28(40)35-23(25(30)37)13-19-8-7-10-20(12-19)22-11-6-5-9-21(22)14-24(34-18(4)36)29(41)33-16(2)27(39)31-15/h5-12,15-17,23-24H,13-14H2,1-4H3,(H2,30,37)(H,31,39)(H,32,38)(H,33,41)(H,34,36)(H,35,40)/t15-,16-,17-,23-,24-/m0/s1. The number of carbonyl (C=O) groups excluding carboxylic acids is 6. The molecule has 7 N–H and O–H groups in total. The fraction of sp³-hybridized carbons (Fsp3) is 0.379. The fourth-order valence-corrected chi connectivity index (χ4v) is 4.46. The molecule has 0 aromatic heterocycles. The van der Waals surface area contributed by atoms with E-state index in [1.807, 2.05) is 36.4 Å². The minimum absolute atomic E-state index is 0.0962. The van der Waals surface area contributed by atoms with Crippen molar-refractivity contribution in [1.82, 2.24) is 26.6 Å². The second-order valence-corrected chi connectivity index (χ2v) is 10.2. The summed E-state index contributed by atoms with van der Waals surface area (Å²) in [4.78, 5) is 75.7. The number of primary amides is 1. The van der Waals surface area contributed by atoms with Crippen molar-refractivity contribution in [1.29, 1.82) is 0 Å². The Morgan fingerprint density at radius 1 is 0.756 bits per heavy atom. The summed E-state index contributed by atoms with van der Waals surface area (Å²) in [5.74, 6) is -3.66. The minimum Gasteiger partial charge on any atom is -0.368 e. The molecule has 1 aliphatic rings. The van der Waals surface area contributed by atoms with Crippen LogP contribution < -0.4 is 32.3 Å². The van der Waals surface area contributed by atoms with Gasteiger partial charge in [-0.15, -0.1) is 0 Å². The lowest BCUT2D eigenvalue weighted by Gasteiger charge is -2.24. The van der Waals surface area contributed by atoms with Crippen LogP contribution in [0.15, 0.2) is 48.5 Å². The maximum absolute atomic E-state index is 13.2. The summed E-state index contributed by atoms with van der Waals surface area (Å²) in [5, 5.41) is 12.9. The molecule has 2 aromatic rings. The highest BCUT2D eigenvalue weighted by Crippen LogP contribution is 2.26. The molecule has 5 atom stereocenters. The molecule has 41 heavy (non-hydrogen) atoms. The largest absolute Gasteiger partial charge is 0.368 e. The highest BCUT2D eigenvalue weighted by Gasteiger charge is 2.28. The van der Waals surface area contributed by atoms with Crippen LogP contribution in [-0.4, -0.2) is 65.7 Å². The maximum atomic E-state index is 13.2. The van der Waals surface area contributed by atoms with Gasteiger partial charge >= 0.3 is 0 Å². The van der Waals surface area contributed by atoms with Crippen LogP contribution in [0.25, 0.3) is 11.1 Å². The Hall–Kier alpha value is -4.74. The van der Waals surface area contributed by atoms with Gasteiger partial charge in [-0.25, -0.2) is 0 Å². The van der Waals surface area contributed by atoms with E-state index in [1.165, 1.54) is 27.7 Å². The second kappa shape index (κ2) is 13.6. The lowest BCUT2D eigenvalue weighted by atomic mass is 9.92. The Morgan fingerprint density at radius 2 is 1.32 bits per heavy atom. The lowest BCUT2D eigenvalue weighted by Crippen LogP contribution is -2.57. The van der Waals surface area contributed by atoms with Gasteiger partial charge in [0.25, 0.3) is 0 Å². The highest BCUT2D eigenvalue weighted by atomic mass is 16.2. The van der Waals surface area contributed by atoms with E-state index in [-0.39, 0.29) is 12.8 Å². The molecule has 1 aliphatic heterocycles. The number of hydrogen-bond acceptors (Lipinski definition) is 6. The van der Waals surface area contributed by atoms with E-state index < -0.39 is 65.7 Å². The third kappa shape index (κ3) is 8.37. The molecule has 0 unspecified atom stereocenters. The zero-order valence-corrected chi connectivity index (χ0v) is 23.4. The summed E-state index contributed by atoms with van der Waals surface area (Å²) in [5.41, 5.74) is 8.64. The van der Waals surface area contributed by atoms with E-state index in [0.29, 0.717) is 5.56 Å². The second-order valence-electron chi connectivity index (χ2n) is 10.2. The van der Waals surface area contributed by atoms with Crippen molar-refractivity contribution in [2.75, 3.05) is 0 Å². The molecule has 0 radical (unpaired) electrons. The summed E-state index contributed by atoms with van der Waals surface area (Å²) < 4.78 is 0. The molecule has 12 heteroatoms. The molecule has 1 heterocycles. The zero-order valence-electron chi connectivity index (χ0n) is 23.4. The Labute approximate surface area is 238 Å². The van der Waals surface area contributed by atoms with Crippen LogP contribution in [0.5, 0.6) is 0 Å². The smallest absolute Gasteiger partial charge is 0.243 e. The zero-order chi connectivity index (χ0) is 30.3. The van der Waals surface area contributed by atoms with Crippen LogP contribution in [-0.2, 0) is 41.6 Å². The number of amides is 6. The Balaban J connectivity index is 2.05. The van der Waals surface area contributed by atoms with E-state index in [2.05, 4.69) is 26.6 Å². The maximum Gasteiger partial charge on any atom is 0.243 e. The Bertz CT molecular complexity index is 1340. The molecule has 218 valence electrons.